The Balaban J connectivity index is 2.61. The Kier molecular flexibility index (Phi) is 4.37. The fourth-order valence-corrected chi connectivity index (χ4v) is 1.36. The molecule has 0 saturated heterocycles. The predicted octanol–water partition coefficient (Wildman–Crippen LogP) is 1.27. The number of hydrogen-bond acceptors (Lipinski definition) is 4. The van der Waals surface area contributed by atoms with Crippen molar-refractivity contribution >= 4 is 5.97 Å². The average Bonchev–Trinajstić information content (AvgIpc) is 2.61. The van der Waals surface area contributed by atoms with E-state index in [4.69, 9.17) is 14.9 Å². The first-order valence-electron chi connectivity index (χ1n) is 5.08. The van der Waals surface area contributed by atoms with Crippen LogP contribution in [0.2, 0.25) is 0 Å². The summed E-state index contributed by atoms with van der Waals surface area (Å²) in [6.07, 6.45) is 2.12. The van der Waals surface area contributed by atoms with Gasteiger partial charge in [0, 0.05) is 13.0 Å². The Bertz CT molecular complexity index is 319. The van der Waals surface area contributed by atoms with Gasteiger partial charge in [-0.15, -0.1) is 0 Å². The Labute approximate surface area is 89.4 Å². The normalized spacial score (nSPS) is 12.5. The van der Waals surface area contributed by atoms with E-state index in [9.17, 15) is 4.79 Å². The molecule has 0 amide bonds. The average molecular weight is 211 g/mol. The number of rotatable bonds is 5. The van der Waals surface area contributed by atoms with Crippen LogP contribution in [0.15, 0.2) is 16.7 Å². The predicted molar refractivity (Wildman–Crippen MR) is 56.3 cm³/mol. The summed E-state index contributed by atoms with van der Waals surface area (Å²) in [6.45, 7) is 4.38. The number of carbonyl (C=O) groups is 1. The SMILES string of the molecule is CCOC(=O)C(CN)Cc1occc1C. The van der Waals surface area contributed by atoms with Crippen LogP contribution in [0.4, 0.5) is 0 Å². The highest BCUT2D eigenvalue weighted by atomic mass is 16.5. The van der Waals surface area contributed by atoms with Gasteiger partial charge in [0.05, 0.1) is 18.8 Å². The van der Waals surface area contributed by atoms with E-state index >= 15 is 0 Å². The number of carbonyl (C=O) groups excluding carboxylic acids is 1. The Morgan fingerprint density at radius 3 is 2.87 bits per heavy atom. The number of furan rings is 1. The van der Waals surface area contributed by atoms with Gasteiger partial charge < -0.3 is 14.9 Å². The molecule has 0 aromatic carbocycles. The highest BCUT2D eigenvalue weighted by molar-refractivity contribution is 5.73. The molecular formula is C11H17NO3. The molecule has 4 heteroatoms. The molecule has 1 rings (SSSR count). The van der Waals surface area contributed by atoms with Crippen LogP contribution >= 0.6 is 0 Å². The van der Waals surface area contributed by atoms with Crippen molar-refractivity contribution in [3.63, 3.8) is 0 Å². The lowest BCUT2D eigenvalue weighted by Gasteiger charge is -2.12. The monoisotopic (exact) mass is 211 g/mol. The third kappa shape index (κ3) is 3.09. The molecule has 2 N–H and O–H groups in total. The molecule has 1 atom stereocenters. The van der Waals surface area contributed by atoms with Gasteiger partial charge >= 0.3 is 5.97 Å². The molecule has 84 valence electrons. The van der Waals surface area contributed by atoms with E-state index in [0.717, 1.165) is 11.3 Å². The number of aryl methyl sites for hydroxylation is 1. The largest absolute Gasteiger partial charge is 0.469 e. The maximum atomic E-state index is 11.5. The van der Waals surface area contributed by atoms with Crippen molar-refractivity contribution in [2.45, 2.75) is 20.3 Å². The van der Waals surface area contributed by atoms with Crippen molar-refractivity contribution in [3.05, 3.63) is 23.7 Å². The maximum absolute atomic E-state index is 11.5. The van der Waals surface area contributed by atoms with Crippen molar-refractivity contribution < 1.29 is 13.9 Å². The van der Waals surface area contributed by atoms with Gasteiger partial charge in [0.15, 0.2) is 0 Å². The molecule has 1 aromatic heterocycles. The minimum Gasteiger partial charge on any atom is -0.469 e. The molecule has 0 bridgehead atoms. The first-order chi connectivity index (χ1) is 7.19. The Hall–Kier alpha value is -1.29. The van der Waals surface area contributed by atoms with Gasteiger partial charge in [-0.3, -0.25) is 4.79 Å². The van der Waals surface area contributed by atoms with E-state index in [1.165, 1.54) is 0 Å². The lowest BCUT2D eigenvalue weighted by Crippen LogP contribution is -2.27. The summed E-state index contributed by atoms with van der Waals surface area (Å²) in [6, 6.07) is 1.87. The quantitative estimate of drug-likeness (QED) is 0.745. The summed E-state index contributed by atoms with van der Waals surface area (Å²) < 4.78 is 10.2. The van der Waals surface area contributed by atoms with Crippen LogP contribution in [0.3, 0.4) is 0 Å². The summed E-state index contributed by atoms with van der Waals surface area (Å²) >= 11 is 0. The minimum absolute atomic E-state index is 0.254. The van der Waals surface area contributed by atoms with Crippen LogP contribution in [0, 0.1) is 12.8 Å². The van der Waals surface area contributed by atoms with Crippen LogP contribution in [0.1, 0.15) is 18.2 Å². The lowest BCUT2D eigenvalue weighted by molar-refractivity contribution is -0.147. The zero-order chi connectivity index (χ0) is 11.3. The smallest absolute Gasteiger partial charge is 0.310 e. The highest BCUT2D eigenvalue weighted by Crippen LogP contribution is 2.15. The molecule has 1 unspecified atom stereocenters. The van der Waals surface area contributed by atoms with Crippen molar-refractivity contribution in [1.29, 1.82) is 0 Å². The number of esters is 1. The summed E-state index contributed by atoms with van der Waals surface area (Å²) in [5.41, 5.74) is 6.57. The lowest BCUT2D eigenvalue weighted by atomic mass is 10.0. The van der Waals surface area contributed by atoms with Crippen molar-refractivity contribution in [3.8, 4) is 0 Å². The molecule has 0 saturated carbocycles. The van der Waals surface area contributed by atoms with Crippen LogP contribution < -0.4 is 5.73 Å². The van der Waals surface area contributed by atoms with Gasteiger partial charge in [-0.2, -0.15) is 0 Å². The van der Waals surface area contributed by atoms with Gasteiger partial charge in [0.2, 0.25) is 0 Å². The van der Waals surface area contributed by atoms with Crippen molar-refractivity contribution in [2.24, 2.45) is 11.7 Å². The van der Waals surface area contributed by atoms with E-state index in [2.05, 4.69) is 0 Å². The minimum atomic E-state index is -0.310. The molecule has 0 aliphatic rings. The number of nitrogens with two attached hydrogens (primary N) is 1. The fourth-order valence-electron chi connectivity index (χ4n) is 1.36. The maximum Gasteiger partial charge on any atom is 0.310 e. The molecule has 0 spiro atoms. The second-order valence-corrected chi connectivity index (χ2v) is 3.42. The standard InChI is InChI=1S/C11H17NO3/c1-3-14-11(13)9(7-12)6-10-8(2)4-5-15-10/h4-5,9H,3,6-7,12H2,1-2H3. The fraction of sp³-hybridized carbons (Fsp3) is 0.545. The van der Waals surface area contributed by atoms with Crippen molar-refractivity contribution in [1.82, 2.24) is 0 Å². The molecule has 15 heavy (non-hydrogen) atoms. The van der Waals surface area contributed by atoms with Crippen molar-refractivity contribution in [2.75, 3.05) is 13.2 Å². The second kappa shape index (κ2) is 5.56. The van der Waals surface area contributed by atoms with Crippen LogP contribution in [-0.2, 0) is 16.0 Å². The zero-order valence-corrected chi connectivity index (χ0v) is 9.16. The molecule has 4 nitrogen and oxygen atoms in total. The van der Waals surface area contributed by atoms with Gasteiger partial charge in [-0.25, -0.2) is 0 Å². The summed E-state index contributed by atoms with van der Waals surface area (Å²) in [5.74, 6) is 0.240. The van der Waals surface area contributed by atoms with E-state index in [0.29, 0.717) is 13.0 Å². The zero-order valence-electron chi connectivity index (χ0n) is 9.16. The molecule has 0 radical (unpaired) electrons. The molecule has 0 aliphatic heterocycles. The number of ether oxygens (including phenoxy) is 1. The topological polar surface area (TPSA) is 65.5 Å². The summed E-state index contributed by atoms with van der Waals surface area (Å²) in [5, 5.41) is 0. The second-order valence-electron chi connectivity index (χ2n) is 3.42. The van der Waals surface area contributed by atoms with E-state index in [1.807, 2.05) is 13.0 Å². The molecule has 0 aliphatic carbocycles. The van der Waals surface area contributed by atoms with Crippen LogP contribution in [-0.4, -0.2) is 19.1 Å². The highest BCUT2D eigenvalue weighted by Gasteiger charge is 2.20. The molecule has 1 aromatic rings. The first kappa shape index (κ1) is 11.8. The number of hydrogen-bond donors (Lipinski definition) is 1. The van der Waals surface area contributed by atoms with Gasteiger partial charge in [-0.1, -0.05) is 0 Å². The van der Waals surface area contributed by atoms with Crippen LogP contribution in [0.25, 0.3) is 0 Å². The van der Waals surface area contributed by atoms with Gasteiger partial charge in [-0.05, 0) is 25.5 Å². The molecule has 0 fully saturated rings. The van der Waals surface area contributed by atoms with E-state index in [1.54, 1.807) is 13.2 Å². The Morgan fingerprint density at radius 2 is 2.40 bits per heavy atom. The van der Waals surface area contributed by atoms with E-state index in [-0.39, 0.29) is 18.4 Å². The molecule has 1 heterocycles. The first-order valence-corrected chi connectivity index (χ1v) is 5.08. The summed E-state index contributed by atoms with van der Waals surface area (Å²) in [4.78, 5) is 11.5. The van der Waals surface area contributed by atoms with E-state index < -0.39 is 0 Å². The third-order valence-corrected chi connectivity index (χ3v) is 2.30. The third-order valence-electron chi connectivity index (χ3n) is 2.30. The van der Waals surface area contributed by atoms with Gasteiger partial charge in [0.25, 0.3) is 0 Å². The Morgan fingerprint density at radius 1 is 1.67 bits per heavy atom. The summed E-state index contributed by atoms with van der Waals surface area (Å²) in [7, 11) is 0. The van der Waals surface area contributed by atoms with Crippen LogP contribution in [0.5, 0.6) is 0 Å². The molecular weight excluding hydrogens is 194 g/mol. The van der Waals surface area contributed by atoms with Gasteiger partial charge in [0.1, 0.15) is 5.76 Å².